The van der Waals surface area contributed by atoms with Crippen molar-refractivity contribution in [3.8, 4) is 0 Å². The minimum absolute atomic E-state index is 0.143. The van der Waals surface area contributed by atoms with Crippen LogP contribution >= 0.6 is 27.7 Å². The standard InChI is InChI=1S/C13H16BrNOS/c1-9-6-11(14)4-5-12(9)17-8-13(16)15-7-10-2-3-10/h4-6,10H,2-3,7-8H2,1H3,(H,15,16). The van der Waals surface area contributed by atoms with Crippen molar-refractivity contribution in [2.75, 3.05) is 12.3 Å². The molecule has 1 aliphatic carbocycles. The summed E-state index contributed by atoms with van der Waals surface area (Å²) in [6.07, 6.45) is 2.55. The van der Waals surface area contributed by atoms with Gasteiger partial charge in [0.05, 0.1) is 5.75 Å². The second kappa shape index (κ2) is 5.91. The molecular weight excluding hydrogens is 298 g/mol. The van der Waals surface area contributed by atoms with Crippen molar-refractivity contribution >= 4 is 33.6 Å². The van der Waals surface area contributed by atoms with Crippen molar-refractivity contribution < 1.29 is 4.79 Å². The fourth-order valence-electron chi connectivity index (χ4n) is 1.55. The number of benzene rings is 1. The van der Waals surface area contributed by atoms with Crippen LogP contribution in [0.2, 0.25) is 0 Å². The quantitative estimate of drug-likeness (QED) is 0.844. The lowest BCUT2D eigenvalue weighted by atomic mass is 10.2. The summed E-state index contributed by atoms with van der Waals surface area (Å²) in [7, 11) is 0. The molecule has 0 aromatic heterocycles. The molecule has 2 nitrogen and oxygen atoms in total. The van der Waals surface area contributed by atoms with Crippen LogP contribution in [0.1, 0.15) is 18.4 Å². The number of thioether (sulfide) groups is 1. The predicted octanol–water partition coefficient (Wildman–Crippen LogP) is 3.38. The molecule has 2 rings (SSSR count). The lowest BCUT2D eigenvalue weighted by Crippen LogP contribution is -2.27. The van der Waals surface area contributed by atoms with Gasteiger partial charge in [-0.3, -0.25) is 4.79 Å². The summed E-state index contributed by atoms with van der Waals surface area (Å²) in [4.78, 5) is 12.8. The molecule has 17 heavy (non-hydrogen) atoms. The van der Waals surface area contributed by atoms with Crippen molar-refractivity contribution in [1.82, 2.24) is 5.32 Å². The third-order valence-electron chi connectivity index (χ3n) is 2.78. The summed E-state index contributed by atoms with van der Waals surface area (Å²) < 4.78 is 1.08. The molecule has 1 fully saturated rings. The second-order valence-electron chi connectivity index (χ2n) is 4.45. The van der Waals surface area contributed by atoms with Gasteiger partial charge < -0.3 is 5.32 Å². The molecule has 4 heteroatoms. The molecule has 1 amide bonds. The molecule has 0 bridgehead atoms. The Labute approximate surface area is 115 Å². The van der Waals surface area contributed by atoms with E-state index >= 15 is 0 Å². The van der Waals surface area contributed by atoms with E-state index in [0.29, 0.717) is 5.75 Å². The van der Waals surface area contributed by atoms with E-state index in [-0.39, 0.29) is 5.91 Å². The smallest absolute Gasteiger partial charge is 0.230 e. The monoisotopic (exact) mass is 313 g/mol. The van der Waals surface area contributed by atoms with E-state index in [2.05, 4.69) is 40.3 Å². The number of rotatable bonds is 5. The Bertz CT molecular complexity index is 418. The highest BCUT2D eigenvalue weighted by Gasteiger charge is 2.21. The van der Waals surface area contributed by atoms with Crippen LogP contribution in [-0.2, 0) is 4.79 Å². The number of carbonyl (C=O) groups excluding carboxylic acids is 1. The van der Waals surface area contributed by atoms with Gasteiger partial charge in [-0.1, -0.05) is 15.9 Å². The third kappa shape index (κ3) is 4.36. The van der Waals surface area contributed by atoms with Gasteiger partial charge in [0.2, 0.25) is 5.91 Å². The predicted molar refractivity (Wildman–Crippen MR) is 75.3 cm³/mol. The SMILES string of the molecule is Cc1cc(Br)ccc1SCC(=O)NCC1CC1. The number of carbonyl (C=O) groups is 1. The molecule has 0 spiro atoms. The zero-order valence-corrected chi connectivity index (χ0v) is 12.2. The van der Waals surface area contributed by atoms with Crippen LogP contribution in [0.5, 0.6) is 0 Å². The maximum Gasteiger partial charge on any atom is 0.230 e. The molecule has 92 valence electrons. The Hall–Kier alpha value is -0.480. The van der Waals surface area contributed by atoms with Crippen LogP contribution in [0.25, 0.3) is 0 Å². The highest BCUT2D eigenvalue weighted by Crippen LogP contribution is 2.28. The molecule has 0 atom stereocenters. The average Bonchev–Trinajstić information content (AvgIpc) is 3.09. The summed E-state index contributed by atoms with van der Waals surface area (Å²) in [5, 5.41) is 2.98. The van der Waals surface area contributed by atoms with Crippen LogP contribution in [0, 0.1) is 12.8 Å². The van der Waals surface area contributed by atoms with Crippen molar-refractivity contribution in [3.05, 3.63) is 28.2 Å². The van der Waals surface area contributed by atoms with E-state index in [4.69, 9.17) is 0 Å². The molecule has 0 saturated heterocycles. The van der Waals surface area contributed by atoms with Gasteiger partial charge in [-0.05, 0) is 49.4 Å². The van der Waals surface area contributed by atoms with Gasteiger partial charge in [-0.2, -0.15) is 0 Å². The van der Waals surface area contributed by atoms with Crippen LogP contribution in [0.15, 0.2) is 27.6 Å². The van der Waals surface area contributed by atoms with E-state index in [9.17, 15) is 4.79 Å². The van der Waals surface area contributed by atoms with Crippen molar-refractivity contribution in [2.45, 2.75) is 24.7 Å². The summed E-state index contributed by atoms with van der Waals surface area (Å²) in [6.45, 7) is 2.92. The first-order valence-corrected chi connectivity index (χ1v) is 7.58. The zero-order chi connectivity index (χ0) is 12.3. The van der Waals surface area contributed by atoms with Crippen LogP contribution < -0.4 is 5.32 Å². The molecule has 1 aliphatic rings. The Morgan fingerprint density at radius 1 is 1.53 bits per heavy atom. The number of hydrogen-bond donors (Lipinski definition) is 1. The fourth-order valence-corrected chi connectivity index (χ4v) is 2.86. The molecule has 0 aliphatic heterocycles. The molecule has 0 unspecified atom stereocenters. The maximum absolute atomic E-state index is 11.6. The summed E-state index contributed by atoms with van der Waals surface area (Å²) in [5.41, 5.74) is 1.21. The first-order chi connectivity index (χ1) is 8.15. The Kier molecular flexibility index (Phi) is 4.51. The topological polar surface area (TPSA) is 29.1 Å². The van der Waals surface area contributed by atoms with Gasteiger partial charge in [0, 0.05) is 15.9 Å². The Morgan fingerprint density at radius 2 is 2.29 bits per heavy atom. The highest BCUT2D eigenvalue weighted by molar-refractivity contribution is 9.10. The highest BCUT2D eigenvalue weighted by atomic mass is 79.9. The average molecular weight is 314 g/mol. The van der Waals surface area contributed by atoms with E-state index in [1.807, 2.05) is 6.07 Å². The molecule has 1 N–H and O–H groups in total. The first kappa shape index (κ1) is 13.0. The molecule has 1 saturated carbocycles. The van der Waals surface area contributed by atoms with E-state index in [1.54, 1.807) is 11.8 Å². The van der Waals surface area contributed by atoms with Crippen molar-refractivity contribution in [2.24, 2.45) is 5.92 Å². The summed E-state index contributed by atoms with van der Waals surface area (Å²) >= 11 is 5.04. The molecule has 0 radical (unpaired) electrons. The van der Waals surface area contributed by atoms with Crippen LogP contribution in [-0.4, -0.2) is 18.2 Å². The van der Waals surface area contributed by atoms with E-state index in [0.717, 1.165) is 16.9 Å². The minimum atomic E-state index is 0.143. The van der Waals surface area contributed by atoms with Gasteiger partial charge in [0.1, 0.15) is 0 Å². The van der Waals surface area contributed by atoms with E-state index < -0.39 is 0 Å². The number of halogens is 1. The molecule has 0 heterocycles. The van der Waals surface area contributed by atoms with Gasteiger partial charge in [-0.25, -0.2) is 0 Å². The van der Waals surface area contributed by atoms with Gasteiger partial charge in [0.25, 0.3) is 0 Å². The first-order valence-electron chi connectivity index (χ1n) is 5.81. The second-order valence-corrected chi connectivity index (χ2v) is 6.38. The van der Waals surface area contributed by atoms with Gasteiger partial charge >= 0.3 is 0 Å². The minimum Gasteiger partial charge on any atom is -0.355 e. The zero-order valence-electron chi connectivity index (χ0n) is 9.83. The number of aryl methyl sites for hydroxylation is 1. The molecule has 1 aromatic carbocycles. The third-order valence-corrected chi connectivity index (χ3v) is 4.45. The summed E-state index contributed by atoms with van der Waals surface area (Å²) in [6, 6.07) is 6.14. The van der Waals surface area contributed by atoms with Crippen LogP contribution in [0.3, 0.4) is 0 Å². The fraction of sp³-hybridized carbons (Fsp3) is 0.462. The molecular formula is C13H16BrNOS. The Balaban J connectivity index is 1.77. The molecule has 1 aromatic rings. The number of amides is 1. The number of hydrogen-bond acceptors (Lipinski definition) is 2. The van der Waals surface area contributed by atoms with Gasteiger partial charge in [0.15, 0.2) is 0 Å². The number of nitrogens with one attached hydrogen (secondary N) is 1. The van der Waals surface area contributed by atoms with E-state index in [1.165, 1.54) is 23.3 Å². The van der Waals surface area contributed by atoms with Crippen molar-refractivity contribution in [3.63, 3.8) is 0 Å². The normalized spacial score (nSPS) is 14.7. The van der Waals surface area contributed by atoms with Crippen molar-refractivity contribution in [1.29, 1.82) is 0 Å². The lowest BCUT2D eigenvalue weighted by Gasteiger charge is -2.06. The largest absolute Gasteiger partial charge is 0.355 e. The summed E-state index contributed by atoms with van der Waals surface area (Å²) in [5.74, 6) is 1.40. The lowest BCUT2D eigenvalue weighted by molar-refractivity contribution is -0.118. The Morgan fingerprint density at radius 3 is 2.94 bits per heavy atom. The maximum atomic E-state index is 11.6. The van der Waals surface area contributed by atoms with Gasteiger partial charge in [-0.15, -0.1) is 11.8 Å². The van der Waals surface area contributed by atoms with Crippen LogP contribution in [0.4, 0.5) is 0 Å².